The third kappa shape index (κ3) is 2.77. The smallest absolute Gasteiger partial charge is 0.221 e. The standard InChI is InChI=1S/C18H19NO2/c1-3-6-17-15-7-4-5-8-16(15)19-18(21-17)13-9-11-14(20-2)12-10-13/h4-5,7-12,17H,3,6H2,1-2H3. The average Bonchev–Trinajstić information content (AvgIpc) is 2.55. The summed E-state index contributed by atoms with van der Waals surface area (Å²) in [7, 11) is 1.66. The van der Waals surface area contributed by atoms with Gasteiger partial charge in [-0.2, -0.15) is 0 Å². The number of rotatable bonds is 4. The summed E-state index contributed by atoms with van der Waals surface area (Å²) in [6, 6.07) is 16.0. The van der Waals surface area contributed by atoms with Crippen LogP contribution in [0.2, 0.25) is 0 Å². The van der Waals surface area contributed by atoms with Crippen molar-refractivity contribution in [1.82, 2.24) is 0 Å². The van der Waals surface area contributed by atoms with Crippen LogP contribution in [0.3, 0.4) is 0 Å². The van der Waals surface area contributed by atoms with E-state index in [1.807, 2.05) is 42.5 Å². The average molecular weight is 281 g/mol. The van der Waals surface area contributed by atoms with E-state index in [2.05, 4.69) is 18.0 Å². The van der Waals surface area contributed by atoms with E-state index < -0.39 is 0 Å². The van der Waals surface area contributed by atoms with Crippen molar-refractivity contribution in [1.29, 1.82) is 0 Å². The van der Waals surface area contributed by atoms with E-state index in [1.54, 1.807) is 7.11 Å². The number of aliphatic imine (C=N–C) groups is 1. The van der Waals surface area contributed by atoms with Gasteiger partial charge in [0.15, 0.2) is 0 Å². The number of hydrogen-bond acceptors (Lipinski definition) is 3. The molecule has 0 fully saturated rings. The van der Waals surface area contributed by atoms with E-state index in [9.17, 15) is 0 Å². The first-order chi connectivity index (χ1) is 10.3. The molecule has 0 saturated heterocycles. The number of methoxy groups -OCH3 is 1. The minimum atomic E-state index is 0.0841. The molecule has 0 amide bonds. The van der Waals surface area contributed by atoms with Crippen molar-refractivity contribution in [2.24, 2.45) is 4.99 Å². The molecule has 0 aliphatic carbocycles. The summed E-state index contributed by atoms with van der Waals surface area (Å²) in [5, 5.41) is 0. The second kappa shape index (κ2) is 6.00. The number of benzene rings is 2. The van der Waals surface area contributed by atoms with Crippen molar-refractivity contribution in [2.75, 3.05) is 7.11 Å². The van der Waals surface area contributed by atoms with Crippen LogP contribution in [0.4, 0.5) is 5.69 Å². The van der Waals surface area contributed by atoms with Gasteiger partial charge < -0.3 is 9.47 Å². The topological polar surface area (TPSA) is 30.8 Å². The molecule has 0 aromatic heterocycles. The molecule has 3 heteroatoms. The molecule has 0 spiro atoms. The minimum Gasteiger partial charge on any atom is -0.497 e. The van der Waals surface area contributed by atoms with Gasteiger partial charge in [-0.25, -0.2) is 4.99 Å². The fourth-order valence-electron chi connectivity index (χ4n) is 2.54. The predicted octanol–water partition coefficient (Wildman–Crippen LogP) is 4.64. The number of hydrogen-bond donors (Lipinski definition) is 0. The third-order valence-corrected chi connectivity index (χ3v) is 3.65. The van der Waals surface area contributed by atoms with Gasteiger partial charge in [0.1, 0.15) is 11.9 Å². The zero-order valence-corrected chi connectivity index (χ0v) is 12.4. The molecule has 2 aromatic carbocycles. The van der Waals surface area contributed by atoms with Crippen molar-refractivity contribution in [2.45, 2.75) is 25.9 Å². The lowest BCUT2D eigenvalue weighted by Gasteiger charge is -2.26. The molecule has 1 aliphatic heterocycles. The summed E-state index contributed by atoms with van der Waals surface area (Å²) in [6.07, 6.45) is 2.15. The monoisotopic (exact) mass is 281 g/mol. The van der Waals surface area contributed by atoms with Gasteiger partial charge in [-0.05, 0) is 36.8 Å². The molecule has 1 heterocycles. The van der Waals surface area contributed by atoms with Crippen LogP contribution < -0.4 is 4.74 Å². The Kier molecular flexibility index (Phi) is 3.91. The first kappa shape index (κ1) is 13.7. The highest BCUT2D eigenvalue weighted by atomic mass is 16.5. The van der Waals surface area contributed by atoms with Crippen LogP contribution in [0.15, 0.2) is 53.5 Å². The maximum absolute atomic E-state index is 6.12. The second-order valence-electron chi connectivity index (χ2n) is 5.10. The highest BCUT2D eigenvalue weighted by Crippen LogP contribution is 2.36. The zero-order chi connectivity index (χ0) is 14.7. The molecule has 0 radical (unpaired) electrons. The molecule has 1 atom stereocenters. The van der Waals surface area contributed by atoms with Gasteiger partial charge >= 0.3 is 0 Å². The summed E-state index contributed by atoms with van der Waals surface area (Å²) in [5.41, 5.74) is 3.16. The molecule has 1 unspecified atom stereocenters. The fourth-order valence-corrected chi connectivity index (χ4v) is 2.54. The molecule has 0 bridgehead atoms. The van der Waals surface area contributed by atoms with E-state index in [-0.39, 0.29) is 6.10 Å². The first-order valence-corrected chi connectivity index (χ1v) is 7.30. The highest BCUT2D eigenvalue weighted by molar-refractivity contribution is 5.97. The van der Waals surface area contributed by atoms with Gasteiger partial charge in [0.05, 0.1) is 12.8 Å². The van der Waals surface area contributed by atoms with Gasteiger partial charge in [-0.3, -0.25) is 0 Å². The van der Waals surface area contributed by atoms with Crippen LogP contribution in [-0.2, 0) is 4.74 Å². The lowest BCUT2D eigenvalue weighted by molar-refractivity contribution is 0.177. The zero-order valence-electron chi connectivity index (χ0n) is 12.4. The highest BCUT2D eigenvalue weighted by Gasteiger charge is 2.23. The first-order valence-electron chi connectivity index (χ1n) is 7.30. The second-order valence-corrected chi connectivity index (χ2v) is 5.10. The van der Waals surface area contributed by atoms with Crippen molar-refractivity contribution in [3.05, 3.63) is 59.7 Å². The van der Waals surface area contributed by atoms with Crippen LogP contribution in [0.5, 0.6) is 5.75 Å². The van der Waals surface area contributed by atoms with Crippen molar-refractivity contribution in [3.8, 4) is 5.75 Å². The Morgan fingerprint density at radius 2 is 1.86 bits per heavy atom. The third-order valence-electron chi connectivity index (χ3n) is 3.65. The Morgan fingerprint density at radius 3 is 2.57 bits per heavy atom. The van der Waals surface area contributed by atoms with E-state index in [0.29, 0.717) is 5.90 Å². The van der Waals surface area contributed by atoms with E-state index in [0.717, 1.165) is 29.8 Å². The maximum Gasteiger partial charge on any atom is 0.221 e. The maximum atomic E-state index is 6.12. The van der Waals surface area contributed by atoms with Crippen LogP contribution in [0.25, 0.3) is 0 Å². The Morgan fingerprint density at radius 1 is 1.10 bits per heavy atom. The number of ether oxygens (including phenoxy) is 2. The quantitative estimate of drug-likeness (QED) is 0.817. The van der Waals surface area contributed by atoms with Crippen LogP contribution >= 0.6 is 0 Å². The summed E-state index contributed by atoms with van der Waals surface area (Å²) in [4.78, 5) is 4.66. The van der Waals surface area contributed by atoms with E-state index >= 15 is 0 Å². The van der Waals surface area contributed by atoms with E-state index in [1.165, 1.54) is 5.56 Å². The summed E-state index contributed by atoms with van der Waals surface area (Å²) in [5.74, 6) is 1.52. The minimum absolute atomic E-state index is 0.0841. The summed E-state index contributed by atoms with van der Waals surface area (Å²) < 4.78 is 11.3. The Balaban J connectivity index is 1.97. The number of para-hydroxylation sites is 1. The molecule has 3 rings (SSSR count). The van der Waals surface area contributed by atoms with E-state index in [4.69, 9.17) is 9.47 Å². The van der Waals surface area contributed by atoms with Gasteiger partial charge in [0, 0.05) is 11.1 Å². The Labute approximate surface area is 125 Å². The van der Waals surface area contributed by atoms with Crippen LogP contribution in [0, 0.1) is 0 Å². The Bertz CT molecular complexity index is 647. The van der Waals surface area contributed by atoms with Crippen molar-refractivity contribution < 1.29 is 9.47 Å². The molecule has 1 aliphatic rings. The lowest BCUT2D eigenvalue weighted by Crippen LogP contribution is -2.16. The number of fused-ring (bicyclic) bond motifs is 1. The van der Waals surface area contributed by atoms with Crippen molar-refractivity contribution >= 4 is 11.6 Å². The molecule has 108 valence electrons. The fraction of sp³-hybridized carbons (Fsp3) is 0.278. The molecule has 2 aromatic rings. The molecule has 3 nitrogen and oxygen atoms in total. The summed E-state index contributed by atoms with van der Waals surface area (Å²) >= 11 is 0. The lowest BCUT2D eigenvalue weighted by atomic mass is 10.0. The Hall–Kier alpha value is -2.29. The molecule has 0 saturated carbocycles. The van der Waals surface area contributed by atoms with Gasteiger partial charge in [0.25, 0.3) is 0 Å². The molecule has 0 N–H and O–H groups in total. The van der Waals surface area contributed by atoms with Crippen molar-refractivity contribution in [3.63, 3.8) is 0 Å². The molecular weight excluding hydrogens is 262 g/mol. The van der Waals surface area contributed by atoms with Gasteiger partial charge in [-0.1, -0.05) is 31.5 Å². The SMILES string of the molecule is CCCC1OC(c2ccc(OC)cc2)=Nc2ccccc21. The number of nitrogens with zero attached hydrogens (tertiary/aromatic N) is 1. The van der Waals surface area contributed by atoms with Crippen LogP contribution in [0.1, 0.15) is 37.0 Å². The molecular formula is C18H19NO2. The van der Waals surface area contributed by atoms with Gasteiger partial charge in [0.2, 0.25) is 5.90 Å². The molecule has 21 heavy (non-hydrogen) atoms. The van der Waals surface area contributed by atoms with Gasteiger partial charge in [-0.15, -0.1) is 0 Å². The normalized spacial score (nSPS) is 16.7. The predicted molar refractivity (Wildman–Crippen MR) is 84.4 cm³/mol. The summed E-state index contributed by atoms with van der Waals surface area (Å²) in [6.45, 7) is 2.17. The largest absolute Gasteiger partial charge is 0.497 e. The van der Waals surface area contributed by atoms with Crippen LogP contribution in [-0.4, -0.2) is 13.0 Å².